The summed E-state index contributed by atoms with van der Waals surface area (Å²) < 4.78 is 39.7. The summed E-state index contributed by atoms with van der Waals surface area (Å²) in [5.41, 5.74) is 2.34. The van der Waals surface area contributed by atoms with Crippen LogP contribution in [0.15, 0.2) is 79.1 Å². The van der Waals surface area contributed by atoms with E-state index in [0.29, 0.717) is 11.6 Å². The molecule has 2 N–H and O–H groups in total. The minimum absolute atomic E-state index is 0.0144. The maximum atomic E-state index is 13.3. The van der Waals surface area contributed by atoms with Gasteiger partial charge in [0.15, 0.2) is 0 Å². The summed E-state index contributed by atoms with van der Waals surface area (Å²) in [7, 11) is 0. The van der Waals surface area contributed by atoms with Crippen molar-refractivity contribution in [2.75, 3.05) is 10.6 Å². The molecule has 8 heteroatoms. The molecular weight excluding hydrogens is 405 g/mol. The highest BCUT2D eigenvalue weighted by atomic mass is 19.1. The van der Waals surface area contributed by atoms with E-state index in [1.807, 2.05) is 0 Å². The molecule has 1 amide bonds. The van der Waals surface area contributed by atoms with Crippen molar-refractivity contribution in [1.29, 1.82) is 0 Å². The molecular formula is C23H15F3N4O. The number of rotatable bonds is 5. The van der Waals surface area contributed by atoms with Gasteiger partial charge in [-0.3, -0.25) is 4.79 Å². The van der Waals surface area contributed by atoms with Crippen LogP contribution in [0.2, 0.25) is 0 Å². The molecule has 0 bridgehead atoms. The maximum absolute atomic E-state index is 13.3. The summed E-state index contributed by atoms with van der Waals surface area (Å²) >= 11 is 0. The summed E-state index contributed by atoms with van der Waals surface area (Å²) in [4.78, 5) is 20.9. The quantitative estimate of drug-likeness (QED) is 0.444. The summed E-state index contributed by atoms with van der Waals surface area (Å²) in [6.07, 6.45) is 3.19. The molecule has 0 aliphatic heterocycles. The van der Waals surface area contributed by atoms with Crippen LogP contribution in [0.5, 0.6) is 0 Å². The fraction of sp³-hybridized carbons (Fsp3) is 0. The molecule has 0 spiro atoms. The second-order valence-electron chi connectivity index (χ2n) is 6.62. The summed E-state index contributed by atoms with van der Waals surface area (Å²) in [6, 6.07) is 15.2. The molecule has 0 unspecified atom stereocenters. The fourth-order valence-corrected chi connectivity index (χ4v) is 2.88. The molecule has 4 aromatic rings. The Morgan fingerprint density at radius 3 is 2.06 bits per heavy atom. The van der Waals surface area contributed by atoms with E-state index in [9.17, 15) is 18.0 Å². The van der Waals surface area contributed by atoms with Crippen LogP contribution >= 0.6 is 0 Å². The third-order valence-electron chi connectivity index (χ3n) is 4.33. The van der Waals surface area contributed by atoms with Crippen LogP contribution in [0.3, 0.4) is 0 Å². The Labute approximate surface area is 175 Å². The molecule has 0 fully saturated rings. The van der Waals surface area contributed by atoms with E-state index in [1.165, 1.54) is 12.1 Å². The van der Waals surface area contributed by atoms with Crippen LogP contribution in [-0.4, -0.2) is 15.9 Å². The van der Waals surface area contributed by atoms with Gasteiger partial charge in [0.2, 0.25) is 5.95 Å². The van der Waals surface area contributed by atoms with E-state index < -0.39 is 17.5 Å². The largest absolute Gasteiger partial charge is 0.324 e. The number of nitrogens with one attached hydrogen (secondary N) is 2. The molecule has 3 aromatic carbocycles. The van der Waals surface area contributed by atoms with E-state index in [2.05, 4.69) is 20.6 Å². The number of benzene rings is 3. The van der Waals surface area contributed by atoms with Gasteiger partial charge in [-0.1, -0.05) is 18.2 Å². The van der Waals surface area contributed by atoms with Crippen LogP contribution < -0.4 is 10.6 Å². The third-order valence-corrected chi connectivity index (χ3v) is 4.33. The highest BCUT2D eigenvalue weighted by molar-refractivity contribution is 6.04. The number of halogens is 3. The lowest BCUT2D eigenvalue weighted by Crippen LogP contribution is -2.12. The zero-order chi connectivity index (χ0) is 21.8. The van der Waals surface area contributed by atoms with Crippen molar-refractivity contribution < 1.29 is 18.0 Å². The Morgan fingerprint density at radius 1 is 0.710 bits per heavy atom. The standard InChI is InChI=1S/C23H15F3N4O/c24-17-6-4-14(5-7-17)16-12-27-23(28-13-16)30-20-3-1-2-15(8-20)22(31)29-21-10-18(25)9-19(26)11-21/h1-13H,(H,29,31)(H,27,28,30). The van der Waals surface area contributed by atoms with Crippen molar-refractivity contribution in [2.45, 2.75) is 0 Å². The highest BCUT2D eigenvalue weighted by Crippen LogP contribution is 2.21. The van der Waals surface area contributed by atoms with E-state index in [-0.39, 0.29) is 17.1 Å². The van der Waals surface area contributed by atoms with Gasteiger partial charge in [0, 0.05) is 41.0 Å². The smallest absolute Gasteiger partial charge is 0.255 e. The van der Waals surface area contributed by atoms with Crippen LogP contribution in [0.25, 0.3) is 11.1 Å². The molecule has 0 aliphatic carbocycles. The van der Waals surface area contributed by atoms with Crippen molar-refractivity contribution in [3.8, 4) is 11.1 Å². The SMILES string of the molecule is O=C(Nc1cc(F)cc(F)c1)c1cccc(Nc2ncc(-c3ccc(F)cc3)cn2)c1. The van der Waals surface area contributed by atoms with Gasteiger partial charge in [0.25, 0.3) is 5.91 Å². The van der Waals surface area contributed by atoms with Crippen LogP contribution in [-0.2, 0) is 0 Å². The minimum atomic E-state index is -0.785. The first-order chi connectivity index (χ1) is 15.0. The first kappa shape index (κ1) is 20.1. The lowest BCUT2D eigenvalue weighted by molar-refractivity contribution is 0.102. The van der Waals surface area contributed by atoms with E-state index in [0.717, 1.165) is 29.3 Å². The predicted octanol–water partition coefficient (Wildman–Crippen LogP) is 5.56. The molecule has 154 valence electrons. The second-order valence-corrected chi connectivity index (χ2v) is 6.62. The number of hydrogen-bond acceptors (Lipinski definition) is 4. The molecule has 31 heavy (non-hydrogen) atoms. The van der Waals surface area contributed by atoms with Crippen LogP contribution in [0, 0.1) is 17.5 Å². The molecule has 0 saturated heterocycles. The summed E-state index contributed by atoms with van der Waals surface area (Å²) in [5.74, 6) is -2.12. The lowest BCUT2D eigenvalue weighted by atomic mass is 10.1. The second kappa shape index (κ2) is 8.66. The molecule has 0 atom stereocenters. The maximum Gasteiger partial charge on any atom is 0.255 e. The topological polar surface area (TPSA) is 66.9 Å². The number of hydrogen-bond donors (Lipinski definition) is 2. The Bertz CT molecular complexity index is 1210. The van der Waals surface area contributed by atoms with Gasteiger partial charge in [-0.2, -0.15) is 0 Å². The molecule has 1 aromatic heterocycles. The number of aromatic nitrogens is 2. The van der Waals surface area contributed by atoms with Crippen molar-refractivity contribution in [3.05, 3.63) is 102 Å². The molecule has 0 radical (unpaired) electrons. The zero-order valence-electron chi connectivity index (χ0n) is 15.9. The Kier molecular flexibility index (Phi) is 5.61. The number of nitrogens with zero attached hydrogens (tertiary/aromatic N) is 2. The van der Waals surface area contributed by atoms with Gasteiger partial charge in [-0.25, -0.2) is 23.1 Å². The monoisotopic (exact) mass is 420 g/mol. The predicted molar refractivity (Wildman–Crippen MR) is 111 cm³/mol. The lowest BCUT2D eigenvalue weighted by Gasteiger charge is -2.09. The fourth-order valence-electron chi connectivity index (χ4n) is 2.88. The number of amides is 1. The summed E-state index contributed by atoms with van der Waals surface area (Å²) in [5, 5.41) is 5.44. The van der Waals surface area contributed by atoms with E-state index in [4.69, 9.17) is 0 Å². The molecule has 1 heterocycles. The third kappa shape index (κ3) is 5.05. The normalized spacial score (nSPS) is 10.5. The number of anilines is 3. The molecule has 0 aliphatic rings. The van der Waals surface area contributed by atoms with Crippen LogP contribution in [0.4, 0.5) is 30.5 Å². The van der Waals surface area contributed by atoms with Crippen LogP contribution in [0.1, 0.15) is 10.4 Å². The highest BCUT2D eigenvalue weighted by Gasteiger charge is 2.10. The first-order valence-electron chi connectivity index (χ1n) is 9.19. The average Bonchev–Trinajstić information content (AvgIpc) is 2.74. The average molecular weight is 420 g/mol. The van der Waals surface area contributed by atoms with E-state index in [1.54, 1.807) is 48.8 Å². The first-order valence-corrected chi connectivity index (χ1v) is 9.19. The Hall–Kier alpha value is -4.20. The van der Waals surface area contributed by atoms with Gasteiger partial charge >= 0.3 is 0 Å². The van der Waals surface area contributed by atoms with Gasteiger partial charge in [0.1, 0.15) is 17.5 Å². The Balaban J connectivity index is 1.46. The summed E-state index contributed by atoms with van der Waals surface area (Å²) in [6.45, 7) is 0. The molecule has 4 rings (SSSR count). The minimum Gasteiger partial charge on any atom is -0.324 e. The number of carbonyl (C=O) groups is 1. The molecule has 0 saturated carbocycles. The van der Waals surface area contributed by atoms with Gasteiger partial charge in [-0.15, -0.1) is 0 Å². The van der Waals surface area contributed by atoms with Crippen molar-refractivity contribution in [3.63, 3.8) is 0 Å². The van der Waals surface area contributed by atoms with Gasteiger partial charge in [0.05, 0.1) is 0 Å². The van der Waals surface area contributed by atoms with Crippen molar-refractivity contribution >= 4 is 23.2 Å². The van der Waals surface area contributed by atoms with Gasteiger partial charge < -0.3 is 10.6 Å². The van der Waals surface area contributed by atoms with Gasteiger partial charge in [-0.05, 0) is 48.0 Å². The number of carbonyl (C=O) groups excluding carboxylic acids is 1. The zero-order valence-corrected chi connectivity index (χ0v) is 15.9. The van der Waals surface area contributed by atoms with Crippen molar-refractivity contribution in [2.24, 2.45) is 0 Å². The molecule has 5 nitrogen and oxygen atoms in total. The van der Waals surface area contributed by atoms with E-state index >= 15 is 0 Å². The van der Waals surface area contributed by atoms with Crippen molar-refractivity contribution in [1.82, 2.24) is 9.97 Å². The Morgan fingerprint density at radius 2 is 1.39 bits per heavy atom.